The summed E-state index contributed by atoms with van der Waals surface area (Å²) in [7, 11) is 1.81. The summed E-state index contributed by atoms with van der Waals surface area (Å²) < 4.78 is 1.56. The zero-order valence-corrected chi connectivity index (χ0v) is 12.5. The Balaban J connectivity index is 2.25. The summed E-state index contributed by atoms with van der Waals surface area (Å²) in [5.74, 6) is 1.14. The molecule has 0 spiro atoms. The molecule has 2 heterocycles. The van der Waals surface area contributed by atoms with Crippen molar-refractivity contribution in [1.82, 2.24) is 24.5 Å². The molecule has 8 heteroatoms. The van der Waals surface area contributed by atoms with E-state index < -0.39 is 0 Å². The number of rotatable bonds is 5. The van der Waals surface area contributed by atoms with Gasteiger partial charge in [0, 0.05) is 26.2 Å². The van der Waals surface area contributed by atoms with E-state index in [-0.39, 0.29) is 12.5 Å². The maximum absolute atomic E-state index is 12.1. The van der Waals surface area contributed by atoms with Crippen molar-refractivity contribution in [2.24, 2.45) is 0 Å². The number of carbonyl (C=O) groups is 1. The number of nitrogens with zero attached hydrogens (tertiary/aromatic N) is 6. The zero-order chi connectivity index (χ0) is 14.7. The van der Waals surface area contributed by atoms with Gasteiger partial charge in [-0.2, -0.15) is 19.6 Å². The molecular formula is C12H17ClN6O. The van der Waals surface area contributed by atoms with Crippen molar-refractivity contribution in [2.45, 2.75) is 13.8 Å². The van der Waals surface area contributed by atoms with Crippen molar-refractivity contribution in [3.05, 3.63) is 17.5 Å². The lowest BCUT2D eigenvalue weighted by Gasteiger charge is -2.24. The summed E-state index contributed by atoms with van der Waals surface area (Å²) in [4.78, 5) is 23.8. The van der Waals surface area contributed by atoms with E-state index in [1.165, 1.54) is 6.33 Å². The number of amides is 1. The van der Waals surface area contributed by atoms with Crippen LogP contribution in [-0.2, 0) is 4.79 Å². The van der Waals surface area contributed by atoms with Gasteiger partial charge in [0.2, 0.25) is 5.91 Å². The lowest BCUT2D eigenvalue weighted by Crippen LogP contribution is -2.39. The van der Waals surface area contributed by atoms with Crippen LogP contribution in [0.4, 0.5) is 5.82 Å². The van der Waals surface area contributed by atoms with Gasteiger partial charge in [-0.05, 0) is 13.8 Å². The molecule has 0 fully saturated rings. The minimum absolute atomic E-state index is 0.0544. The van der Waals surface area contributed by atoms with Crippen LogP contribution in [-0.4, -0.2) is 57.1 Å². The van der Waals surface area contributed by atoms with E-state index in [2.05, 4.69) is 15.1 Å². The van der Waals surface area contributed by atoms with Crippen LogP contribution in [0.15, 0.2) is 12.4 Å². The fourth-order valence-electron chi connectivity index (χ4n) is 2.00. The lowest BCUT2D eigenvalue weighted by atomic mass is 10.4. The second-order valence-corrected chi connectivity index (χ2v) is 4.72. The number of anilines is 1. The predicted molar refractivity (Wildman–Crippen MR) is 77.0 cm³/mol. The zero-order valence-electron chi connectivity index (χ0n) is 11.7. The molecule has 2 rings (SSSR count). The fraction of sp³-hybridized carbons (Fsp3) is 0.500. The number of hydrogen-bond donors (Lipinski definition) is 0. The highest BCUT2D eigenvalue weighted by Crippen LogP contribution is 2.17. The van der Waals surface area contributed by atoms with Crippen molar-refractivity contribution >= 4 is 29.1 Å². The molecule has 108 valence electrons. The van der Waals surface area contributed by atoms with Gasteiger partial charge >= 0.3 is 0 Å². The molecule has 0 N–H and O–H groups in total. The van der Waals surface area contributed by atoms with Gasteiger partial charge in [-0.1, -0.05) is 11.6 Å². The molecule has 0 aliphatic heterocycles. The van der Waals surface area contributed by atoms with E-state index in [1.54, 1.807) is 20.4 Å². The fourth-order valence-corrected chi connectivity index (χ4v) is 2.17. The summed E-state index contributed by atoms with van der Waals surface area (Å²) in [5.41, 5.74) is 0. The van der Waals surface area contributed by atoms with Crippen LogP contribution in [0.1, 0.15) is 13.8 Å². The highest BCUT2D eigenvalue weighted by Gasteiger charge is 2.16. The molecule has 0 aliphatic rings. The average Bonchev–Trinajstić information content (AvgIpc) is 2.86. The Kier molecular flexibility index (Phi) is 4.39. The van der Waals surface area contributed by atoms with Crippen molar-refractivity contribution in [3.8, 4) is 0 Å². The third-order valence-corrected chi connectivity index (χ3v) is 3.28. The van der Waals surface area contributed by atoms with Gasteiger partial charge in [-0.3, -0.25) is 4.79 Å². The predicted octanol–water partition coefficient (Wildman–Crippen LogP) is 1.08. The Hall–Kier alpha value is -1.89. The minimum Gasteiger partial charge on any atom is -0.350 e. The second-order valence-electron chi connectivity index (χ2n) is 4.33. The van der Waals surface area contributed by atoms with E-state index in [0.29, 0.717) is 29.8 Å². The average molecular weight is 297 g/mol. The number of hydrogen-bond acceptors (Lipinski definition) is 5. The lowest BCUT2D eigenvalue weighted by molar-refractivity contribution is -0.129. The minimum atomic E-state index is 0.0544. The number of aromatic nitrogens is 4. The first kappa shape index (κ1) is 14.5. The van der Waals surface area contributed by atoms with Crippen LogP contribution in [0, 0.1) is 0 Å². The maximum atomic E-state index is 12.1. The first-order chi connectivity index (χ1) is 9.56. The molecule has 2 aromatic rings. The molecule has 0 atom stereocenters. The van der Waals surface area contributed by atoms with Gasteiger partial charge in [-0.25, -0.2) is 0 Å². The monoisotopic (exact) mass is 296 g/mol. The Bertz CT molecular complexity index is 609. The summed E-state index contributed by atoms with van der Waals surface area (Å²) >= 11 is 5.96. The number of fused-ring (bicyclic) bond motifs is 1. The van der Waals surface area contributed by atoms with Crippen LogP contribution in [0.3, 0.4) is 0 Å². The molecule has 2 aromatic heterocycles. The van der Waals surface area contributed by atoms with Crippen molar-refractivity contribution < 1.29 is 4.79 Å². The molecule has 0 radical (unpaired) electrons. The van der Waals surface area contributed by atoms with E-state index in [1.807, 2.05) is 20.9 Å². The highest BCUT2D eigenvalue weighted by atomic mass is 35.5. The summed E-state index contributed by atoms with van der Waals surface area (Å²) in [5, 5.41) is 4.41. The number of likely N-dealkylation sites (N-methyl/N-ethyl adjacent to an activating group) is 2. The third-order valence-electron chi connectivity index (χ3n) is 3.08. The molecule has 0 saturated heterocycles. The van der Waals surface area contributed by atoms with Crippen molar-refractivity contribution in [1.29, 1.82) is 0 Å². The number of carbonyl (C=O) groups excluding carboxylic acids is 1. The van der Waals surface area contributed by atoms with Gasteiger partial charge in [0.25, 0.3) is 5.78 Å². The van der Waals surface area contributed by atoms with E-state index in [0.717, 1.165) is 0 Å². The van der Waals surface area contributed by atoms with Crippen LogP contribution < -0.4 is 4.90 Å². The molecule has 0 bridgehead atoms. The second kappa shape index (κ2) is 6.04. The van der Waals surface area contributed by atoms with E-state index >= 15 is 0 Å². The molecule has 20 heavy (non-hydrogen) atoms. The number of halogens is 1. The maximum Gasteiger partial charge on any atom is 0.255 e. The summed E-state index contributed by atoms with van der Waals surface area (Å²) in [6, 6.07) is 1.67. The topological polar surface area (TPSA) is 66.6 Å². The third kappa shape index (κ3) is 2.82. The molecule has 0 unspecified atom stereocenters. The molecule has 0 aliphatic carbocycles. The normalized spacial score (nSPS) is 10.8. The Morgan fingerprint density at radius 1 is 1.40 bits per heavy atom. The quantitative estimate of drug-likeness (QED) is 0.773. The van der Waals surface area contributed by atoms with Gasteiger partial charge in [0.15, 0.2) is 0 Å². The smallest absolute Gasteiger partial charge is 0.255 e. The van der Waals surface area contributed by atoms with Gasteiger partial charge in [-0.15, -0.1) is 0 Å². The highest BCUT2D eigenvalue weighted by molar-refractivity contribution is 6.29. The van der Waals surface area contributed by atoms with Crippen molar-refractivity contribution in [2.75, 3.05) is 31.6 Å². The van der Waals surface area contributed by atoms with Crippen LogP contribution in [0.25, 0.3) is 5.78 Å². The molecule has 7 nitrogen and oxygen atoms in total. The first-order valence-electron chi connectivity index (χ1n) is 6.42. The van der Waals surface area contributed by atoms with Crippen molar-refractivity contribution in [3.63, 3.8) is 0 Å². The van der Waals surface area contributed by atoms with Crippen LogP contribution >= 0.6 is 11.6 Å². The SMILES string of the molecule is CCN(CC)C(=O)CN(C)c1cc(Cl)nc2ncnn12. The molecular weight excluding hydrogens is 280 g/mol. The van der Waals surface area contributed by atoms with E-state index in [4.69, 9.17) is 11.6 Å². The van der Waals surface area contributed by atoms with Crippen LogP contribution in [0.5, 0.6) is 0 Å². The van der Waals surface area contributed by atoms with E-state index in [9.17, 15) is 4.79 Å². The van der Waals surface area contributed by atoms with Gasteiger partial charge < -0.3 is 9.80 Å². The largest absolute Gasteiger partial charge is 0.350 e. The molecule has 0 aromatic carbocycles. The summed E-state index contributed by atoms with van der Waals surface area (Å²) in [6.45, 7) is 5.55. The standard InChI is InChI=1S/C12H17ClN6O/c1-4-18(5-2)11(20)7-17(3)10-6-9(13)16-12-14-8-15-19(10)12/h6,8H,4-5,7H2,1-3H3. The van der Waals surface area contributed by atoms with Gasteiger partial charge in [0.1, 0.15) is 17.3 Å². The summed E-state index contributed by atoms with van der Waals surface area (Å²) in [6.07, 6.45) is 1.40. The Morgan fingerprint density at radius 3 is 2.75 bits per heavy atom. The Labute approximate surface area is 122 Å². The molecule has 1 amide bonds. The van der Waals surface area contributed by atoms with Gasteiger partial charge in [0.05, 0.1) is 6.54 Å². The van der Waals surface area contributed by atoms with Crippen LogP contribution in [0.2, 0.25) is 5.15 Å². The Morgan fingerprint density at radius 2 is 2.10 bits per heavy atom. The first-order valence-corrected chi connectivity index (χ1v) is 6.79. The molecule has 0 saturated carbocycles.